The summed E-state index contributed by atoms with van der Waals surface area (Å²) >= 11 is 0. The van der Waals surface area contributed by atoms with Gasteiger partial charge in [0, 0.05) is 32.8 Å². The molecule has 0 radical (unpaired) electrons. The van der Waals surface area contributed by atoms with Crippen molar-refractivity contribution in [1.29, 1.82) is 0 Å². The summed E-state index contributed by atoms with van der Waals surface area (Å²) in [5.41, 5.74) is 6.14. The van der Waals surface area contributed by atoms with Crippen molar-refractivity contribution in [3.8, 4) is 0 Å². The van der Waals surface area contributed by atoms with E-state index >= 15 is 0 Å². The Morgan fingerprint density at radius 1 is 1.28 bits per heavy atom. The molecule has 0 saturated carbocycles. The van der Waals surface area contributed by atoms with Crippen LogP contribution in [0, 0.1) is 0 Å². The van der Waals surface area contributed by atoms with Gasteiger partial charge in [-0.05, 0) is 38.8 Å². The van der Waals surface area contributed by atoms with E-state index in [1.807, 2.05) is 0 Å². The van der Waals surface area contributed by atoms with Crippen LogP contribution in [-0.4, -0.2) is 67.8 Å². The molecule has 2 aliphatic heterocycles. The first-order chi connectivity index (χ1) is 8.75. The average molecular weight is 255 g/mol. The molecule has 2 rings (SSSR count). The van der Waals surface area contributed by atoms with Gasteiger partial charge in [0.2, 0.25) is 0 Å². The van der Waals surface area contributed by atoms with Crippen LogP contribution in [0.25, 0.3) is 0 Å². The molecule has 18 heavy (non-hydrogen) atoms. The summed E-state index contributed by atoms with van der Waals surface area (Å²) < 4.78 is 5.46. The summed E-state index contributed by atoms with van der Waals surface area (Å²) in [4.78, 5) is 5.29. The normalized spacial score (nSPS) is 29.8. The molecule has 2 saturated heterocycles. The summed E-state index contributed by atoms with van der Waals surface area (Å²) in [7, 11) is 1.79. The Morgan fingerprint density at radius 3 is 2.72 bits per heavy atom. The Bertz CT molecular complexity index is 255. The topological polar surface area (TPSA) is 41.7 Å². The van der Waals surface area contributed by atoms with E-state index in [-0.39, 0.29) is 5.54 Å². The number of ether oxygens (including phenoxy) is 1. The van der Waals surface area contributed by atoms with Gasteiger partial charge in [-0.1, -0.05) is 6.92 Å². The van der Waals surface area contributed by atoms with Crippen molar-refractivity contribution in [2.45, 2.75) is 44.2 Å². The Hall–Kier alpha value is -0.160. The minimum atomic E-state index is 0.0490. The quantitative estimate of drug-likeness (QED) is 0.793. The standard InChI is InChI=1S/C14H29N3O/c1-3-14(11-15,12-18-2)17-9-5-8-16-7-4-6-13(16)10-17/h13H,3-12,15H2,1-2H3. The molecule has 0 bridgehead atoms. The van der Waals surface area contributed by atoms with Gasteiger partial charge in [0.1, 0.15) is 0 Å². The molecule has 0 aliphatic carbocycles. The maximum atomic E-state index is 6.09. The Balaban J connectivity index is 2.09. The highest BCUT2D eigenvalue weighted by Gasteiger charge is 2.38. The van der Waals surface area contributed by atoms with E-state index in [4.69, 9.17) is 10.5 Å². The number of methoxy groups -OCH3 is 1. The van der Waals surface area contributed by atoms with Crippen LogP contribution >= 0.6 is 0 Å². The third kappa shape index (κ3) is 2.72. The van der Waals surface area contributed by atoms with Crippen LogP contribution in [-0.2, 0) is 4.74 Å². The van der Waals surface area contributed by atoms with Crippen molar-refractivity contribution in [2.75, 3.05) is 46.4 Å². The number of hydrogen-bond acceptors (Lipinski definition) is 4. The fourth-order valence-electron chi connectivity index (χ4n) is 3.66. The summed E-state index contributed by atoms with van der Waals surface area (Å²) in [5.74, 6) is 0. The molecule has 2 aliphatic rings. The van der Waals surface area contributed by atoms with Gasteiger partial charge in [-0.2, -0.15) is 0 Å². The molecule has 4 nitrogen and oxygen atoms in total. The van der Waals surface area contributed by atoms with Crippen LogP contribution in [0.3, 0.4) is 0 Å². The lowest BCUT2D eigenvalue weighted by atomic mass is 9.93. The average Bonchev–Trinajstić information content (AvgIpc) is 2.73. The van der Waals surface area contributed by atoms with E-state index in [9.17, 15) is 0 Å². The molecule has 0 aromatic heterocycles. The molecule has 0 aromatic carbocycles. The number of rotatable bonds is 5. The first-order valence-electron chi connectivity index (χ1n) is 7.44. The van der Waals surface area contributed by atoms with Crippen LogP contribution in [0.15, 0.2) is 0 Å². The minimum absolute atomic E-state index is 0.0490. The summed E-state index contributed by atoms with van der Waals surface area (Å²) in [6.07, 6.45) is 5.06. The van der Waals surface area contributed by atoms with Gasteiger partial charge in [-0.3, -0.25) is 9.80 Å². The van der Waals surface area contributed by atoms with Gasteiger partial charge >= 0.3 is 0 Å². The van der Waals surface area contributed by atoms with Crippen molar-refractivity contribution in [1.82, 2.24) is 9.80 Å². The highest BCUT2D eigenvalue weighted by Crippen LogP contribution is 2.27. The van der Waals surface area contributed by atoms with Crippen molar-refractivity contribution < 1.29 is 4.74 Å². The van der Waals surface area contributed by atoms with Crippen LogP contribution in [0.1, 0.15) is 32.6 Å². The lowest BCUT2D eigenvalue weighted by molar-refractivity contribution is 0.00833. The minimum Gasteiger partial charge on any atom is -0.383 e. The van der Waals surface area contributed by atoms with Gasteiger partial charge in [0.25, 0.3) is 0 Å². The molecule has 0 spiro atoms. The maximum Gasteiger partial charge on any atom is 0.0658 e. The molecular weight excluding hydrogens is 226 g/mol. The fraction of sp³-hybridized carbons (Fsp3) is 1.00. The molecule has 2 unspecified atom stereocenters. The van der Waals surface area contributed by atoms with E-state index in [2.05, 4.69) is 16.7 Å². The summed E-state index contributed by atoms with van der Waals surface area (Å²) in [5, 5.41) is 0. The molecule has 2 N–H and O–H groups in total. The zero-order chi connectivity index (χ0) is 13.0. The van der Waals surface area contributed by atoms with Gasteiger partial charge in [0.15, 0.2) is 0 Å². The first kappa shape index (κ1) is 14.3. The second-order valence-electron chi connectivity index (χ2n) is 5.85. The van der Waals surface area contributed by atoms with Crippen molar-refractivity contribution in [3.05, 3.63) is 0 Å². The molecule has 4 heteroatoms. The molecule has 2 atom stereocenters. The Labute approximate surface area is 111 Å². The van der Waals surface area contributed by atoms with E-state index in [1.54, 1.807) is 7.11 Å². The summed E-state index contributed by atoms with van der Waals surface area (Å²) in [6, 6.07) is 0.752. The van der Waals surface area contributed by atoms with Crippen molar-refractivity contribution >= 4 is 0 Å². The molecule has 2 heterocycles. The van der Waals surface area contributed by atoms with E-state index in [0.29, 0.717) is 6.54 Å². The lowest BCUT2D eigenvalue weighted by Crippen LogP contribution is -2.58. The lowest BCUT2D eigenvalue weighted by Gasteiger charge is -2.43. The second-order valence-corrected chi connectivity index (χ2v) is 5.85. The third-order valence-electron chi connectivity index (χ3n) is 4.93. The third-order valence-corrected chi connectivity index (χ3v) is 4.93. The van der Waals surface area contributed by atoms with Gasteiger partial charge in [-0.25, -0.2) is 0 Å². The molecule has 2 fully saturated rings. The zero-order valence-electron chi connectivity index (χ0n) is 12.0. The van der Waals surface area contributed by atoms with Crippen LogP contribution in [0.2, 0.25) is 0 Å². The smallest absolute Gasteiger partial charge is 0.0658 e. The molecule has 106 valence electrons. The van der Waals surface area contributed by atoms with E-state index in [1.165, 1.54) is 45.4 Å². The fourth-order valence-corrected chi connectivity index (χ4v) is 3.66. The van der Waals surface area contributed by atoms with Gasteiger partial charge < -0.3 is 10.5 Å². The van der Waals surface area contributed by atoms with Crippen LogP contribution in [0.4, 0.5) is 0 Å². The Morgan fingerprint density at radius 2 is 2.06 bits per heavy atom. The second kappa shape index (κ2) is 6.33. The molecule has 0 amide bonds. The molecule has 0 aromatic rings. The first-order valence-corrected chi connectivity index (χ1v) is 7.44. The maximum absolute atomic E-state index is 6.09. The summed E-state index contributed by atoms with van der Waals surface area (Å²) in [6.45, 7) is 8.60. The van der Waals surface area contributed by atoms with Gasteiger partial charge in [0.05, 0.1) is 12.1 Å². The zero-order valence-corrected chi connectivity index (χ0v) is 12.0. The molecular formula is C14H29N3O. The van der Waals surface area contributed by atoms with Crippen LogP contribution < -0.4 is 5.73 Å². The van der Waals surface area contributed by atoms with Crippen LogP contribution in [0.5, 0.6) is 0 Å². The van der Waals surface area contributed by atoms with E-state index < -0.39 is 0 Å². The number of fused-ring (bicyclic) bond motifs is 1. The Kier molecular flexibility index (Phi) is 5.01. The van der Waals surface area contributed by atoms with Gasteiger partial charge in [-0.15, -0.1) is 0 Å². The van der Waals surface area contributed by atoms with E-state index in [0.717, 1.165) is 19.1 Å². The largest absolute Gasteiger partial charge is 0.383 e. The number of nitrogens with two attached hydrogens (primary N) is 1. The van der Waals surface area contributed by atoms with Crippen molar-refractivity contribution in [3.63, 3.8) is 0 Å². The number of hydrogen-bond donors (Lipinski definition) is 1. The monoisotopic (exact) mass is 255 g/mol. The predicted octanol–water partition coefficient (Wildman–Crippen LogP) is 0.910. The SMILES string of the molecule is CCC(CN)(COC)N1CCCN2CCCC2C1. The highest BCUT2D eigenvalue weighted by atomic mass is 16.5. The van der Waals surface area contributed by atoms with Crippen molar-refractivity contribution in [2.24, 2.45) is 5.73 Å². The number of nitrogens with zero attached hydrogens (tertiary/aromatic N) is 2. The highest BCUT2D eigenvalue weighted by molar-refractivity contribution is 4.95. The predicted molar refractivity (Wildman–Crippen MR) is 74.7 cm³/mol.